The number of aryl methyl sites for hydroxylation is 1. The summed E-state index contributed by atoms with van der Waals surface area (Å²) in [5.41, 5.74) is 7.07. The number of nitrogens with zero attached hydrogens (tertiary/aromatic N) is 3. The SMILES string of the molecule is CCN(CCN)c1cc2nc(C)sc2cc1[N+](=O)[O-]. The largest absolute Gasteiger partial charge is 0.365 e. The van der Waals surface area contributed by atoms with Crippen molar-refractivity contribution in [1.82, 2.24) is 4.98 Å². The van der Waals surface area contributed by atoms with Gasteiger partial charge in [-0.05, 0) is 19.9 Å². The Bertz CT molecular complexity index is 611. The molecule has 0 atom stereocenters. The highest BCUT2D eigenvalue weighted by Gasteiger charge is 2.20. The fraction of sp³-hybridized carbons (Fsp3) is 0.417. The van der Waals surface area contributed by atoms with E-state index in [4.69, 9.17) is 5.73 Å². The third-order valence-electron chi connectivity index (χ3n) is 2.91. The van der Waals surface area contributed by atoms with Gasteiger partial charge >= 0.3 is 0 Å². The van der Waals surface area contributed by atoms with Crippen molar-refractivity contribution in [2.75, 3.05) is 24.5 Å². The topological polar surface area (TPSA) is 85.3 Å². The highest BCUT2D eigenvalue weighted by Crippen LogP contribution is 2.35. The molecule has 0 saturated carbocycles. The second kappa shape index (κ2) is 5.50. The molecule has 2 N–H and O–H groups in total. The molecule has 0 aliphatic rings. The Morgan fingerprint density at radius 3 is 2.84 bits per heavy atom. The zero-order valence-corrected chi connectivity index (χ0v) is 11.7. The van der Waals surface area contributed by atoms with Gasteiger partial charge in [0.2, 0.25) is 0 Å². The van der Waals surface area contributed by atoms with Crippen LogP contribution in [0.5, 0.6) is 0 Å². The first-order valence-electron chi connectivity index (χ1n) is 6.07. The van der Waals surface area contributed by atoms with Crippen LogP contribution in [0.1, 0.15) is 11.9 Å². The van der Waals surface area contributed by atoms with Crippen molar-refractivity contribution in [2.24, 2.45) is 5.73 Å². The molecule has 1 aromatic heterocycles. The summed E-state index contributed by atoms with van der Waals surface area (Å²) in [4.78, 5) is 17.2. The minimum Gasteiger partial charge on any atom is -0.365 e. The third-order valence-corrected chi connectivity index (χ3v) is 3.84. The number of nitrogens with two attached hydrogens (primary N) is 1. The zero-order chi connectivity index (χ0) is 14.0. The molecule has 0 spiro atoms. The van der Waals surface area contributed by atoms with Crippen LogP contribution in [0, 0.1) is 17.0 Å². The fourth-order valence-electron chi connectivity index (χ4n) is 2.07. The van der Waals surface area contributed by atoms with Gasteiger partial charge in [0, 0.05) is 25.7 Å². The van der Waals surface area contributed by atoms with Crippen molar-refractivity contribution < 1.29 is 4.92 Å². The highest BCUT2D eigenvalue weighted by molar-refractivity contribution is 7.18. The van der Waals surface area contributed by atoms with Crippen molar-refractivity contribution in [3.8, 4) is 0 Å². The Labute approximate surface area is 115 Å². The van der Waals surface area contributed by atoms with Crippen molar-refractivity contribution in [1.29, 1.82) is 0 Å². The number of likely N-dealkylation sites (N-methyl/N-ethyl adjacent to an activating group) is 1. The molecular formula is C12H16N4O2S. The first-order chi connectivity index (χ1) is 9.06. The number of anilines is 1. The van der Waals surface area contributed by atoms with Crippen LogP contribution in [-0.2, 0) is 0 Å². The van der Waals surface area contributed by atoms with Crippen LogP contribution < -0.4 is 10.6 Å². The molecule has 7 heteroatoms. The number of nitro groups is 1. The van der Waals surface area contributed by atoms with Crippen molar-refractivity contribution in [3.05, 3.63) is 27.3 Å². The summed E-state index contributed by atoms with van der Waals surface area (Å²) in [5, 5.41) is 12.1. The molecule has 0 aliphatic heterocycles. The van der Waals surface area contributed by atoms with E-state index in [1.165, 1.54) is 11.3 Å². The van der Waals surface area contributed by atoms with Gasteiger partial charge in [-0.1, -0.05) is 0 Å². The summed E-state index contributed by atoms with van der Waals surface area (Å²) >= 11 is 1.47. The molecule has 0 saturated heterocycles. The minimum absolute atomic E-state index is 0.117. The van der Waals surface area contributed by atoms with Gasteiger partial charge in [0.05, 0.1) is 20.1 Å². The van der Waals surface area contributed by atoms with Gasteiger partial charge in [0.15, 0.2) is 0 Å². The van der Waals surface area contributed by atoms with Crippen molar-refractivity contribution in [2.45, 2.75) is 13.8 Å². The number of fused-ring (bicyclic) bond motifs is 1. The van der Waals surface area contributed by atoms with E-state index in [0.717, 1.165) is 15.2 Å². The molecule has 0 bridgehead atoms. The molecule has 102 valence electrons. The summed E-state index contributed by atoms with van der Waals surface area (Å²) in [6.07, 6.45) is 0. The Hall–Kier alpha value is -1.73. The molecule has 6 nitrogen and oxygen atoms in total. The monoisotopic (exact) mass is 280 g/mol. The fourth-order valence-corrected chi connectivity index (χ4v) is 2.91. The molecule has 1 aromatic carbocycles. The lowest BCUT2D eigenvalue weighted by Gasteiger charge is -2.21. The molecule has 0 fully saturated rings. The van der Waals surface area contributed by atoms with Crippen LogP contribution in [-0.4, -0.2) is 29.5 Å². The molecule has 1 heterocycles. The maximum absolute atomic E-state index is 11.2. The van der Waals surface area contributed by atoms with E-state index in [9.17, 15) is 10.1 Å². The predicted molar refractivity (Wildman–Crippen MR) is 78.0 cm³/mol. The average molecular weight is 280 g/mol. The third kappa shape index (κ3) is 2.66. The van der Waals surface area contributed by atoms with E-state index in [1.807, 2.05) is 18.7 Å². The minimum atomic E-state index is -0.344. The molecule has 2 aromatic rings. The van der Waals surface area contributed by atoms with E-state index in [0.29, 0.717) is 25.3 Å². The first kappa shape index (κ1) is 13.7. The smallest absolute Gasteiger partial charge is 0.294 e. The van der Waals surface area contributed by atoms with E-state index < -0.39 is 0 Å². The highest BCUT2D eigenvalue weighted by atomic mass is 32.1. The number of benzene rings is 1. The predicted octanol–water partition coefficient (Wildman–Crippen LogP) is 2.30. The van der Waals surface area contributed by atoms with E-state index in [2.05, 4.69) is 4.98 Å². The van der Waals surface area contributed by atoms with E-state index >= 15 is 0 Å². The summed E-state index contributed by atoms with van der Waals surface area (Å²) in [7, 11) is 0. The van der Waals surface area contributed by atoms with Gasteiger partial charge < -0.3 is 10.6 Å². The van der Waals surface area contributed by atoms with Gasteiger partial charge in [-0.15, -0.1) is 11.3 Å². The summed E-state index contributed by atoms with van der Waals surface area (Å²) < 4.78 is 0.844. The molecule has 0 radical (unpaired) electrons. The Balaban J connectivity index is 2.61. The van der Waals surface area contributed by atoms with E-state index in [1.54, 1.807) is 12.1 Å². The van der Waals surface area contributed by atoms with Gasteiger partial charge in [-0.25, -0.2) is 4.98 Å². The maximum Gasteiger partial charge on any atom is 0.294 e. The van der Waals surface area contributed by atoms with Crippen LogP contribution in [0.3, 0.4) is 0 Å². The lowest BCUT2D eigenvalue weighted by Crippen LogP contribution is -2.29. The second-order valence-electron chi connectivity index (χ2n) is 4.17. The van der Waals surface area contributed by atoms with Gasteiger partial charge in [0.25, 0.3) is 5.69 Å². The van der Waals surface area contributed by atoms with Gasteiger partial charge in [-0.2, -0.15) is 0 Å². The number of hydrogen-bond acceptors (Lipinski definition) is 6. The Morgan fingerprint density at radius 2 is 2.26 bits per heavy atom. The van der Waals surface area contributed by atoms with Crippen molar-refractivity contribution >= 4 is 32.9 Å². The van der Waals surface area contributed by atoms with Crippen LogP contribution in [0.25, 0.3) is 10.2 Å². The lowest BCUT2D eigenvalue weighted by atomic mass is 10.2. The number of hydrogen-bond donors (Lipinski definition) is 1. The maximum atomic E-state index is 11.2. The number of thiazole rings is 1. The first-order valence-corrected chi connectivity index (χ1v) is 6.89. The summed E-state index contributed by atoms with van der Waals surface area (Å²) in [6.45, 7) is 5.57. The number of rotatable bonds is 5. The average Bonchev–Trinajstić information content (AvgIpc) is 2.73. The Kier molecular flexibility index (Phi) is 3.96. The molecule has 0 amide bonds. The van der Waals surface area contributed by atoms with Gasteiger partial charge in [0.1, 0.15) is 5.69 Å². The van der Waals surface area contributed by atoms with Crippen LogP contribution in [0.15, 0.2) is 12.1 Å². The standard InChI is InChI=1S/C12H16N4O2S/c1-3-15(5-4-13)10-6-9-12(19-8(2)14-9)7-11(10)16(17)18/h6-7H,3-5,13H2,1-2H3. The molecule has 2 rings (SSSR count). The molecular weight excluding hydrogens is 264 g/mol. The lowest BCUT2D eigenvalue weighted by molar-refractivity contribution is -0.384. The van der Waals surface area contributed by atoms with Crippen LogP contribution in [0.4, 0.5) is 11.4 Å². The Morgan fingerprint density at radius 1 is 1.53 bits per heavy atom. The van der Waals surface area contributed by atoms with E-state index in [-0.39, 0.29) is 10.6 Å². The molecule has 0 unspecified atom stereocenters. The number of aromatic nitrogens is 1. The molecule has 0 aliphatic carbocycles. The normalized spacial score (nSPS) is 10.9. The zero-order valence-electron chi connectivity index (χ0n) is 10.9. The quantitative estimate of drug-likeness (QED) is 0.671. The van der Waals surface area contributed by atoms with Crippen molar-refractivity contribution in [3.63, 3.8) is 0 Å². The molecule has 19 heavy (non-hydrogen) atoms. The second-order valence-corrected chi connectivity index (χ2v) is 5.40. The van der Waals surface area contributed by atoms with Crippen LogP contribution >= 0.6 is 11.3 Å². The number of nitro benzene ring substituents is 1. The van der Waals surface area contributed by atoms with Gasteiger partial charge in [-0.3, -0.25) is 10.1 Å². The summed E-state index contributed by atoms with van der Waals surface area (Å²) in [6, 6.07) is 3.39. The van der Waals surface area contributed by atoms with Crippen LogP contribution in [0.2, 0.25) is 0 Å². The summed E-state index contributed by atoms with van der Waals surface area (Å²) in [5.74, 6) is 0.